The highest BCUT2D eigenvalue weighted by Gasteiger charge is 2.24. The summed E-state index contributed by atoms with van der Waals surface area (Å²) in [5.41, 5.74) is 5.41. The maximum Gasteiger partial charge on any atom is 0.247 e. The third-order valence-electron chi connectivity index (χ3n) is 2.60. The van der Waals surface area contributed by atoms with Crippen molar-refractivity contribution in [1.29, 1.82) is 0 Å². The number of ether oxygens (including phenoxy) is 1. The maximum atomic E-state index is 12.0. The van der Waals surface area contributed by atoms with Crippen molar-refractivity contribution < 1.29 is 9.53 Å². The van der Waals surface area contributed by atoms with Gasteiger partial charge >= 0.3 is 0 Å². The molecule has 1 saturated heterocycles. The number of carbonyl (C=O) groups excluding carboxylic acids is 1. The second kappa shape index (κ2) is 4.48. The van der Waals surface area contributed by atoms with Crippen molar-refractivity contribution in [2.45, 2.75) is 13.0 Å². The fourth-order valence-electron chi connectivity index (χ4n) is 1.64. The van der Waals surface area contributed by atoms with E-state index < -0.39 is 0 Å². The van der Waals surface area contributed by atoms with Gasteiger partial charge in [-0.3, -0.25) is 4.79 Å². The zero-order chi connectivity index (χ0) is 11.5. The molecule has 1 amide bonds. The van der Waals surface area contributed by atoms with Gasteiger partial charge in [-0.15, -0.1) is 5.10 Å². The number of aromatic nitrogens is 3. The molecule has 1 unspecified atom stereocenters. The number of hydrogen-bond donors (Lipinski definition) is 1. The van der Waals surface area contributed by atoms with Gasteiger partial charge < -0.3 is 15.4 Å². The monoisotopic (exact) mass is 225 g/mol. The SMILES string of the molecule is CC(C(=O)N1CCOCC1)n1cnc(N)n1. The normalized spacial score (nSPS) is 18.4. The molecule has 1 aliphatic heterocycles. The van der Waals surface area contributed by atoms with Gasteiger partial charge in [-0.2, -0.15) is 0 Å². The number of carbonyl (C=O) groups is 1. The molecule has 0 saturated carbocycles. The highest BCUT2D eigenvalue weighted by atomic mass is 16.5. The highest BCUT2D eigenvalue weighted by Crippen LogP contribution is 2.10. The van der Waals surface area contributed by atoms with Crippen LogP contribution in [0.25, 0.3) is 0 Å². The molecule has 1 aromatic rings. The smallest absolute Gasteiger partial charge is 0.247 e. The molecular formula is C9H15N5O2. The summed E-state index contributed by atoms with van der Waals surface area (Å²) in [6, 6.07) is -0.372. The second-order valence-electron chi connectivity index (χ2n) is 3.70. The summed E-state index contributed by atoms with van der Waals surface area (Å²) in [5, 5.41) is 3.93. The predicted octanol–water partition coefficient (Wildman–Crippen LogP) is -0.720. The van der Waals surface area contributed by atoms with E-state index in [9.17, 15) is 4.79 Å². The number of hydrogen-bond acceptors (Lipinski definition) is 5. The van der Waals surface area contributed by atoms with E-state index in [2.05, 4.69) is 10.1 Å². The third-order valence-corrected chi connectivity index (χ3v) is 2.60. The fourth-order valence-corrected chi connectivity index (χ4v) is 1.64. The molecular weight excluding hydrogens is 210 g/mol. The van der Waals surface area contributed by atoms with Gasteiger partial charge in [0.1, 0.15) is 12.4 Å². The van der Waals surface area contributed by atoms with Crippen molar-refractivity contribution in [2.75, 3.05) is 32.0 Å². The molecule has 2 rings (SSSR count). The first-order chi connectivity index (χ1) is 7.68. The lowest BCUT2D eigenvalue weighted by Gasteiger charge is -2.29. The van der Waals surface area contributed by atoms with Crippen LogP contribution in [0.15, 0.2) is 6.33 Å². The van der Waals surface area contributed by atoms with Gasteiger partial charge in [-0.25, -0.2) is 9.67 Å². The lowest BCUT2D eigenvalue weighted by molar-refractivity contribution is -0.138. The summed E-state index contributed by atoms with van der Waals surface area (Å²) in [6.45, 7) is 4.24. The summed E-state index contributed by atoms with van der Waals surface area (Å²) >= 11 is 0. The van der Waals surface area contributed by atoms with Crippen molar-refractivity contribution in [3.63, 3.8) is 0 Å². The van der Waals surface area contributed by atoms with Crippen molar-refractivity contribution in [1.82, 2.24) is 19.7 Å². The quantitative estimate of drug-likeness (QED) is 0.717. The number of morpholine rings is 1. The Hall–Kier alpha value is -1.63. The van der Waals surface area contributed by atoms with E-state index in [4.69, 9.17) is 10.5 Å². The Kier molecular flexibility index (Phi) is 3.04. The van der Waals surface area contributed by atoms with E-state index in [0.717, 1.165) is 0 Å². The predicted molar refractivity (Wildman–Crippen MR) is 56.5 cm³/mol. The van der Waals surface area contributed by atoms with Crippen LogP contribution in [0.1, 0.15) is 13.0 Å². The van der Waals surface area contributed by atoms with Gasteiger partial charge in [0.2, 0.25) is 11.9 Å². The first-order valence-corrected chi connectivity index (χ1v) is 5.21. The molecule has 0 bridgehead atoms. The Bertz CT molecular complexity index is 372. The molecule has 0 aromatic carbocycles. The van der Waals surface area contributed by atoms with Gasteiger partial charge in [-0.1, -0.05) is 0 Å². The average Bonchev–Trinajstić information content (AvgIpc) is 2.75. The summed E-state index contributed by atoms with van der Waals surface area (Å²) in [5.74, 6) is 0.204. The van der Waals surface area contributed by atoms with E-state index in [-0.39, 0.29) is 17.9 Å². The van der Waals surface area contributed by atoms with Crippen molar-refractivity contribution >= 4 is 11.9 Å². The maximum absolute atomic E-state index is 12.0. The lowest BCUT2D eigenvalue weighted by Crippen LogP contribution is -2.43. The van der Waals surface area contributed by atoms with Crippen LogP contribution in [0.2, 0.25) is 0 Å². The van der Waals surface area contributed by atoms with E-state index in [1.54, 1.807) is 11.8 Å². The highest BCUT2D eigenvalue weighted by molar-refractivity contribution is 5.80. The summed E-state index contributed by atoms with van der Waals surface area (Å²) in [7, 11) is 0. The number of nitrogens with zero attached hydrogens (tertiary/aromatic N) is 4. The van der Waals surface area contributed by atoms with Crippen LogP contribution in [-0.4, -0.2) is 51.9 Å². The number of anilines is 1. The van der Waals surface area contributed by atoms with Gasteiger partial charge in [-0.05, 0) is 6.92 Å². The van der Waals surface area contributed by atoms with Crippen LogP contribution in [0, 0.1) is 0 Å². The fraction of sp³-hybridized carbons (Fsp3) is 0.667. The van der Waals surface area contributed by atoms with Gasteiger partial charge in [0.25, 0.3) is 0 Å². The minimum atomic E-state index is -0.372. The largest absolute Gasteiger partial charge is 0.378 e. The van der Waals surface area contributed by atoms with Crippen LogP contribution in [0.4, 0.5) is 5.95 Å². The molecule has 0 spiro atoms. The third kappa shape index (κ3) is 2.13. The van der Waals surface area contributed by atoms with Crippen LogP contribution in [0.3, 0.4) is 0 Å². The first kappa shape index (κ1) is 10.9. The van der Waals surface area contributed by atoms with Crippen molar-refractivity contribution in [3.8, 4) is 0 Å². The molecule has 7 heteroatoms. The molecule has 0 aliphatic carbocycles. The molecule has 2 heterocycles. The Morgan fingerprint density at radius 2 is 2.25 bits per heavy atom. The van der Waals surface area contributed by atoms with Crippen molar-refractivity contribution in [2.24, 2.45) is 0 Å². The Labute approximate surface area is 93.2 Å². The molecule has 1 atom stereocenters. The molecule has 0 radical (unpaired) electrons. The van der Waals surface area contributed by atoms with Crippen LogP contribution in [-0.2, 0) is 9.53 Å². The number of amides is 1. The Balaban J connectivity index is 2.03. The standard InChI is InChI=1S/C9H15N5O2/c1-7(14-6-11-9(10)12-14)8(15)13-2-4-16-5-3-13/h6-7H,2-5H2,1H3,(H2,10,12). The van der Waals surface area contributed by atoms with Crippen molar-refractivity contribution in [3.05, 3.63) is 6.33 Å². The van der Waals surface area contributed by atoms with Crippen LogP contribution >= 0.6 is 0 Å². The molecule has 1 aromatic heterocycles. The second-order valence-corrected chi connectivity index (χ2v) is 3.70. The molecule has 7 nitrogen and oxygen atoms in total. The summed E-state index contributed by atoms with van der Waals surface area (Å²) in [6.07, 6.45) is 1.47. The topological polar surface area (TPSA) is 86.3 Å². The van der Waals surface area contributed by atoms with Gasteiger partial charge in [0.05, 0.1) is 13.2 Å². The molecule has 16 heavy (non-hydrogen) atoms. The Morgan fingerprint density at radius 1 is 1.56 bits per heavy atom. The van der Waals surface area contributed by atoms with E-state index >= 15 is 0 Å². The van der Waals surface area contributed by atoms with E-state index in [0.29, 0.717) is 26.3 Å². The zero-order valence-electron chi connectivity index (χ0n) is 9.17. The van der Waals surface area contributed by atoms with E-state index in [1.807, 2.05) is 0 Å². The molecule has 1 fully saturated rings. The van der Waals surface area contributed by atoms with Gasteiger partial charge in [0, 0.05) is 13.1 Å². The number of rotatable bonds is 2. The first-order valence-electron chi connectivity index (χ1n) is 5.21. The van der Waals surface area contributed by atoms with E-state index in [1.165, 1.54) is 11.0 Å². The zero-order valence-corrected chi connectivity index (χ0v) is 9.17. The van der Waals surface area contributed by atoms with Gasteiger partial charge in [0.15, 0.2) is 0 Å². The molecule has 2 N–H and O–H groups in total. The Morgan fingerprint density at radius 3 is 2.81 bits per heavy atom. The van der Waals surface area contributed by atoms with Crippen LogP contribution < -0.4 is 5.73 Å². The summed E-state index contributed by atoms with van der Waals surface area (Å²) < 4.78 is 6.67. The summed E-state index contributed by atoms with van der Waals surface area (Å²) in [4.78, 5) is 17.6. The minimum absolute atomic E-state index is 0.0215. The molecule has 88 valence electrons. The molecule has 1 aliphatic rings. The van der Waals surface area contributed by atoms with Crippen LogP contribution in [0.5, 0.6) is 0 Å². The average molecular weight is 225 g/mol. The number of nitrogens with two attached hydrogens (primary N) is 1. The lowest BCUT2D eigenvalue weighted by atomic mass is 10.2. The minimum Gasteiger partial charge on any atom is -0.378 e. The number of nitrogen functional groups attached to an aromatic ring is 1.